The van der Waals surface area contributed by atoms with Crippen LogP contribution in [0.3, 0.4) is 0 Å². The third-order valence-electron chi connectivity index (χ3n) is 4.77. The molecule has 5 nitrogen and oxygen atoms in total. The Balaban J connectivity index is 1.70. The fourth-order valence-electron chi connectivity index (χ4n) is 3.59. The number of rotatable bonds is 2. The summed E-state index contributed by atoms with van der Waals surface area (Å²) in [6.07, 6.45) is 5.03. The molecule has 25 heavy (non-hydrogen) atoms. The SMILES string of the molecule is CCC1c2ccc(F)cc2CCN1C(=O)c1cc2ncc(C)cn2n1. The van der Waals surface area contributed by atoms with Crippen LogP contribution in [0.15, 0.2) is 36.7 Å². The van der Waals surface area contributed by atoms with Gasteiger partial charge in [-0.2, -0.15) is 5.10 Å². The molecule has 0 saturated heterocycles. The van der Waals surface area contributed by atoms with Crippen LogP contribution in [0.2, 0.25) is 0 Å². The van der Waals surface area contributed by atoms with Crippen LogP contribution in [-0.2, 0) is 6.42 Å². The molecule has 3 heterocycles. The number of aryl methyl sites for hydroxylation is 1. The number of fused-ring (bicyclic) bond motifs is 2. The number of nitrogens with zero attached hydrogens (tertiary/aromatic N) is 4. The fraction of sp³-hybridized carbons (Fsp3) is 0.316. The van der Waals surface area contributed by atoms with Crippen molar-refractivity contribution in [3.8, 4) is 0 Å². The highest BCUT2D eigenvalue weighted by molar-refractivity contribution is 5.93. The van der Waals surface area contributed by atoms with Gasteiger partial charge in [0.25, 0.3) is 5.91 Å². The maximum absolute atomic E-state index is 13.5. The first-order valence-corrected chi connectivity index (χ1v) is 8.48. The molecule has 0 bridgehead atoms. The predicted molar refractivity (Wildman–Crippen MR) is 91.9 cm³/mol. The number of halogens is 1. The van der Waals surface area contributed by atoms with Crippen molar-refractivity contribution < 1.29 is 9.18 Å². The summed E-state index contributed by atoms with van der Waals surface area (Å²) in [5.74, 6) is -0.333. The van der Waals surface area contributed by atoms with Crippen LogP contribution in [0.25, 0.3) is 5.65 Å². The summed E-state index contributed by atoms with van der Waals surface area (Å²) in [4.78, 5) is 19.2. The van der Waals surface area contributed by atoms with Crippen LogP contribution in [0, 0.1) is 12.7 Å². The first-order chi connectivity index (χ1) is 12.1. The van der Waals surface area contributed by atoms with Crippen molar-refractivity contribution in [3.63, 3.8) is 0 Å². The Labute approximate surface area is 145 Å². The van der Waals surface area contributed by atoms with E-state index in [0.29, 0.717) is 24.3 Å². The Bertz CT molecular complexity index is 965. The minimum Gasteiger partial charge on any atom is -0.330 e. The van der Waals surface area contributed by atoms with Crippen molar-refractivity contribution in [1.82, 2.24) is 19.5 Å². The monoisotopic (exact) mass is 338 g/mol. The maximum atomic E-state index is 13.5. The maximum Gasteiger partial charge on any atom is 0.274 e. The lowest BCUT2D eigenvalue weighted by Crippen LogP contribution is -2.40. The van der Waals surface area contributed by atoms with E-state index >= 15 is 0 Å². The van der Waals surface area contributed by atoms with Gasteiger partial charge in [-0.1, -0.05) is 13.0 Å². The zero-order valence-corrected chi connectivity index (χ0v) is 14.2. The first-order valence-electron chi connectivity index (χ1n) is 8.48. The second-order valence-electron chi connectivity index (χ2n) is 6.48. The molecule has 1 atom stereocenters. The minimum atomic E-state index is -0.227. The predicted octanol–water partition coefficient (Wildman–Crippen LogP) is 3.33. The molecule has 0 saturated carbocycles. The van der Waals surface area contributed by atoms with Gasteiger partial charge in [0.05, 0.1) is 6.04 Å². The highest BCUT2D eigenvalue weighted by atomic mass is 19.1. The molecular weight excluding hydrogens is 319 g/mol. The molecule has 6 heteroatoms. The van der Waals surface area contributed by atoms with Crippen LogP contribution in [0.1, 0.15) is 46.6 Å². The number of amides is 1. The first kappa shape index (κ1) is 15.7. The van der Waals surface area contributed by atoms with Gasteiger partial charge in [-0.15, -0.1) is 0 Å². The highest BCUT2D eigenvalue weighted by Crippen LogP contribution is 2.33. The summed E-state index contributed by atoms with van der Waals surface area (Å²) in [5.41, 5.74) is 4.04. The molecule has 0 radical (unpaired) electrons. The van der Waals surface area contributed by atoms with Crippen molar-refractivity contribution in [1.29, 1.82) is 0 Å². The van der Waals surface area contributed by atoms with Crippen molar-refractivity contribution >= 4 is 11.6 Å². The Kier molecular flexibility index (Phi) is 3.75. The molecule has 0 fully saturated rings. The van der Waals surface area contributed by atoms with Gasteiger partial charge in [-0.25, -0.2) is 13.9 Å². The summed E-state index contributed by atoms with van der Waals surface area (Å²) in [6.45, 7) is 4.54. The van der Waals surface area contributed by atoms with E-state index in [-0.39, 0.29) is 17.8 Å². The Morgan fingerprint density at radius 2 is 2.20 bits per heavy atom. The van der Waals surface area contributed by atoms with E-state index in [1.54, 1.807) is 28.9 Å². The van der Waals surface area contributed by atoms with Crippen molar-refractivity contribution in [2.45, 2.75) is 32.7 Å². The fourth-order valence-corrected chi connectivity index (χ4v) is 3.59. The third kappa shape index (κ3) is 2.67. The van der Waals surface area contributed by atoms with Gasteiger partial charge in [-0.05, 0) is 48.6 Å². The topological polar surface area (TPSA) is 50.5 Å². The lowest BCUT2D eigenvalue weighted by atomic mass is 9.90. The number of carbonyl (C=O) groups excluding carboxylic acids is 1. The van der Waals surface area contributed by atoms with Crippen LogP contribution in [0.4, 0.5) is 4.39 Å². The molecule has 1 unspecified atom stereocenters. The van der Waals surface area contributed by atoms with E-state index in [1.807, 2.05) is 24.9 Å². The van der Waals surface area contributed by atoms with Crippen molar-refractivity contribution in [2.75, 3.05) is 6.54 Å². The Hall–Kier alpha value is -2.76. The number of carbonyl (C=O) groups is 1. The van der Waals surface area contributed by atoms with Crippen LogP contribution in [0.5, 0.6) is 0 Å². The zero-order valence-electron chi connectivity index (χ0n) is 14.2. The van der Waals surface area contributed by atoms with Gasteiger partial charge < -0.3 is 4.90 Å². The summed E-state index contributed by atoms with van der Waals surface area (Å²) >= 11 is 0. The van der Waals surface area contributed by atoms with Crippen LogP contribution < -0.4 is 0 Å². The quantitative estimate of drug-likeness (QED) is 0.720. The molecule has 1 aliphatic rings. The van der Waals surface area contributed by atoms with Gasteiger partial charge in [0.15, 0.2) is 11.3 Å². The van der Waals surface area contributed by atoms with E-state index < -0.39 is 0 Å². The normalized spacial score (nSPS) is 16.9. The summed E-state index contributed by atoms with van der Waals surface area (Å²) in [6, 6.07) is 6.50. The number of benzene rings is 1. The van der Waals surface area contributed by atoms with Gasteiger partial charge in [0, 0.05) is 25.0 Å². The molecule has 0 aliphatic carbocycles. The van der Waals surface area contributed by atoms with Crippen molar-refractivity contribution in [2.24, 2.45) is 0 Å². The average molecular weight is 338 g/mol. The van der Waals surface area contributed by atoms with Crippen molar-refractivity contribution in [3.05, 3.63) is 64.9 Å². The lowest BCUT2D eigenvalue weighted by molar-refractivity contribution is 0.0649. The molecule has 1 aromatic carbocycles. The molecule has 4 rings (SSSR count). The van der Waals surface area contributed by atoms with E-state index in [0.717, 1.165) is 23.1 Å². The Morgan fingerprint density at radius 1 is 1.36 bits per heavy atom. The van der Waals surface area contributed by atoms with E-state index in [1.165, 1.54) is 6.07 Å². The number of hydrogen-bond donors (Lipinski definition) is 0. The molecular formula is C19H19FN4O. The minimum absolute atomic E-state index is 0.0589. The zero-order chi connectivity index (χ0) is 17.6. The molecule has 3 aromatic rings. The second-order valence-corrected chi connectivity index (χ2v) is 6.48. The molecule has 1 aliphatic heterocycles. The van der Waals surface area contributed by atoms with Gasteiger partial charge >= 0.3 is 0 Å². The smallest absolute Gasteiger partial charge is 0.274 e. The summed E-state index contributed by atoms with van der Waals surface area (Å²) in [7, 11) is 0. The third-order valence-corrected chi connectivity index (χ3v) is 4.77. The second kappa shape index (κ2) is 5.95. The lowest BCUT2D eigenvalue weighted by Gasteiger charge is -2.36. The van der Waals surface area contributed by atoms with E-state index in [9.17, 15) is 9.18 Å². The van der Waals surface area contributed by atoms with Gasteiger partial charge in [0.2, 0.25) is 0 Å². The number of hydrogen-bond acceptors (Lipinski definition) is 3. The van der Waals surface area contributed by atoms with Gasteiger partial charge in [0.1, 0.15) is 5.82 Å². The Morgan fingerprint density at radius 3 is 3.00 bits per heavy atom. The molecule has 0 N–H and O–H groups in total. The molecule has 128 valence electrons. The van der Waals surface area contributed by atoms with Gasteiger partial charge in [-0.3, -0.25) is 4.79 Å². The summed E-state index contributed by atoms with van der Waals surface area (Å²) < 4.78 is 15.1. The average Bonchev–Trinajstić information content (AvgIpc) is 3.03. The van der Waals surface area contributed by atoms with E-state index in [4.69, 9.17) is 0 Å². The highest BCUT2D eigenvalue weighted by Gasteiger charge is 2.31. The standard InChI is InChI=1S/C19H19FN4O/c1-3-17-15-5-4-14(20)8-13(15)6-7-23(17)19(25)16-9-18-21-10-12(2)11-24(18)22-16/h4-5,8-11,17H,3,6-7H2,1-2H3. The molecule has 0 spiro atoms. The molecule has 2 aromatic heterocycles. The van der Waals surface area contributed by atoms with Crippen LogP contribution in [-0.4, -0.2) is 31.9 Å². The number of aromatic nitrogens is 3. The van der Waals surface area contributed by atoms with Crippen LogP contribution >= 0.6 is 0 Å². The largest absolute Gasteiger partial charge is 0.330 e. The molecule has 1 amide bonds. The summed E-state index contributed by atoms with van der Waals surface area (Å²) in [5, 5.41) is 4.39. The van der Waals surface area contributed by atoms with E-state index in [2.05, 4.69) is 10.1 Å².